The molecule has 132 valence electrons. The summed E-state index contributed by atoms with van der Waals surface area (Å²) in [4.78, 5) is 25.4. The maximum Gasteiger partial charge on any atom is 0.407 e. The molecule has 1 aromatic carbocycles. The minimum Gasteiger partial charge on any atom is -0.465 e. The fourth-order valence-corrected chi connectivity index (χ4v) is 4.44. The maximum atomic E-state index is 12.5. The highest BCUT2D eigenvalue weighted by molar-refractivity contribution is 7.99. The third-order valence-electron chi connectivity index (χ3n) is 4.37. The van der Waals surface area contributed by atoms with E-state index in [2.05, 4.69) is 0 Å². The molecule has 1 amide bonds. The summed E-state index contributed by atoms with van der Waals surface area (Å²) in [5.41, 5.74) is 0.950. The van der Waals surface area contributed by atoms with Crippen molar-refractivity contribution in [2.24, 2.45) is 5.92 Å². The minimum atomic E-state index is -0.899. The number of hydrogen-bond donors (Lipinski definition) is 1. The quantitative estimate of drug-likeness (QED) is 0.760. The largest absolute Gasteiger partial charge is 0.465 e. The Labute approximate surface area is 147 Å². The molecule has 3 atom stereocenters. The first-order valence-corrected chi connectivity index (χ1v) is 9.41. The Morgan fingerprint density at radius 1 is 1.38 bits per heavy atom. The van der Waals surface area contributed by atoms with Crippen LogP contribution in [0.1, 0.15) is 32.3 Å². The SMILES string of the molecule is CCS[C@H]([C@@H](C)C(=O)OCc1ccccc1)[C@@H]1CCCN1C(=O)O. The van der Waals surface area contributed by atoms with Crippen molar-refractivity contribution in [1.82, 2.24) is 4.90 Å². The lowest BCUT2D eigenvalue weighted by atomic mass is 9.99. The molecule has 5 nitrogen and oxygen atoms in total. The highest BCUT2D eigenvalue weighted by atomic mass is 32.2. The number of likely N-dealkylation sites (tertiary alicyclic amines) is 1. The van der Waals surface area contributed by atoms with Gasteiger partial charge in [-0.1, -0.05) is 44.2 Å². The molecule has 1 aliphatic rings. The van der Waals surface area contributed by atoms with Gasteiger partial charge in [0.05, 0.1) is 5.92 Å². The average Bonchev–Trinajstić information content (AvgIpc) is 3.07. The van der Waals surface area contributed by atoms with Gasteiger partial charge in [-0.2, -0.15) is 11.8 Å². The summed E-state index contributed by atoms with van der Waals surface area (Å²) in [5.74, 6) is 0.232. The molecule has 24 heavy (non-hydrogen) atoms. The highest BCUT2D eigenvalue weighted by Gasteiger charge is 2.40. The lowest BCUT2D eigenvalue weighted by Crippen LogP contribution is -2.45. The monoisotopic (exact) mass is 351 g/mol. The fourth-order valence-electron chi connectivity index (χ4n) is 3.15. The topological polar surface area (TPSA) is 66.8 Å². The van der Waals surface area contributed by atoms with Gasteiger partial charge in [-0.05, 0) is 24.2 Å². The summed E-state index contributed by atoms with van der Waals surface area (Å²) >= 11 is 1.65. The van der Waals surface area contributed by atoms with Crippen molar-refractivity contribution in [2.75, 3.05) is 12.3 Å². The predicted octanol–water partition coefficient (Wildman–Crippen LogP) is 3.63. The summed E-state index contributed by atoms with van der Waals surface area (Å²) < 4.78 is 5.45. The van der Waals surface area contributed by atoms with Crippen molar-refractivity contribution in [3.8, 4) is 0 Å². The van der Waals surface area contributed by atoms with Gasteiger partial charge in [0.1, 0.15) is 6.61 Å². The van der Waals surface area contributed by atoms with E-state index in [1.807, 2.05) is 44.2 Å². The van der Waals surface area contributed by atoms with Crippen molar-refractivity contribution in [3.63, 3.8) is 0 Å². The lowest BCUT2D eigenvalue weighted by Gasteiger charge is -2.32. The molecule has 0 aromatic heterocycles. The molecule has 1 saturated heterocycles. The molecule has 0 saturated carbocycles. The van der Waals surface area contributed by atoms with Crippen LogP contribution in [0.5, 0.6) is 0 Å². The van der Waals surface area contributed by atoms with E-state index in [1.54, 1.807) is 11.8 Å². The van der Waals surface area contributed by atoms with E-state index in [4.69, 9.17) is 4.74 Å². The summed E-state index contributed by atoms with van der Waals surface area (Å²) in [6.07, 6.45) is 0.758. The van der Waals surface area contributed by atoms with Crippen molar-refractivity contribution >= 4 is 23.8 Å². The van der Waals surface area contributed by atoms with E-state index in [-0.39, 0.29) is 29.8 Å². The Morgan fingerprint density at radius 3 is 2.71 bits per heavy atom. The first-order chi connectivity index (χ1) is 11.5. The smallest absolute Gasteiger partial charge is 0.407 e. The standard InChI is InChI=1S/C18H25NO4S/c1-3-24-16(15-10-7-11-19(15)18(21)22)13(2)17(20)23-12-14-8-5-4-6-9-14/h4-6,8-9,13,15-16H,3,7,10-12H2,1-2H3,(H,21,22)/t13-,15+,16-/m1/s1. The van der Waals surface area contributed by atoms with Crippen molar-refractivity contribution < 1.29 is 19.4 Å². The van der Waals surface area contributed by atoms with Gasteiger partial charge in [0.25, 0.3) is 0 Å². The van der Waals surface area contributed by atoms with Crippen LogP contribution >= 0.6 is 11.8 Å². The predicted molar refractivity (Wildman–Crippen MR) is 95.1 cm³/mol. The third-order valence-corrected chi connectivity index (χ3v) is 5.81. The fraction of sp³-hybridized carbons (Fsp3) is 0.556. The zero-order valence-corrected chi connectivity index (χ0v) is 15.0. The number of nitrogens with zero attached hydrogens (tertiary/aromatic N) is 1. The normalized spacial score (nSPS) is 19.8. The number of thioether (sulfide) groups is 1. The molecular formula is C18H25NO4S. The number of amides is 1. The van der Waals surface area contributed by atoms with E-state index in [0.717, 1.165) is 24.2 Å². The van der Waals surface area contributed by atoms with Crippen molar-refractivity contribution in [1.29, 1.82) is 0 Å². The number of carbonyl (C=O) groups is 2. The molecule has 1 aromatic rings. The molecular weight excluding hydrogens is 326 g/mol. The summed E-state index contributed by atoms with van der Waals surface area (Å²) in [6.45, 7) is 4.67. The molecule has 0 bridgehead atoms. The number of carbonyl (C=O) groups excluding carboxylic acids is 1. The zero-order chi connectivity index (χ0) is 17.5. The number of hydrogen-bond acceptors (Lipinski definition) is 4. The van der Waals surface area contributed by atoms with Crippen LogP contribution in [-0.4, -0.2) is 45.7 Å². The van der Waals surface area contributed by atoms with Crippen LogP contribution in [0.4, 0.5) is 4.79 Å². The third kappa shape index (κ3) is 4.66. The number of esters is 1. The van der Waals surface area contributed by atoms with Gasteiger partial charge in [-0.25, -0.2) is 4.79 Å². The van der Waals surface area contributed by atoms with Crippen molar-refractivity contribution in [3.05, 3.63) is 35.9 Å². The van der Waals surface area contributed by atoms with E-state index < -0.39 is 6.09 Å². The second-order valence-corrected chi connectivity index (χ2v) is 7.44. The van der Waals surface area contributed by atoms with Gasteiger partial charge in [0, 0.05) is 17.8 Å². The van der Waals surface area contributed by atoms with Gasteiger partial charge in [0.15, 0.2) is 0 Å². The molecule has 2 rings (SSSR count). The second-order valence-electron chi connectivity index (χ2n) is 5.99. The number of ether oxygens (including phenoxy) is 1. The van der Waals surface area contributed by atoms with Crippen LogP contribution < -0.4 is 0 Å². The van der Waals surface area contributed by atoms with Gasteiger partial charge in [0.2, 0.25) is 0 Å². The van der Waals surface area contributed by atoms with Crippen LogP contribution in [-0.2, 0) is 16.1 Å². The van der Waals surface area contributed by atoms with Crippen LogP contribution in [0.2, 0.25) is 0 Å². The first kappa shape index (κ1) is 18.6. The van der Waals surface area contributed by atoms with Gasteiger partial charge < -0.3 is 14.7 Å². The van der Waals surface area contributed by atoms with E-state index >= 15 is 0 Å². The molecule has 1 heterocycles. The molecule has 0 spiro atoms. The molecule has 0 radical (unpaired) electrons. The molecule has 6 heteroatoms. The van der Waals surface area contributed by atoms with Gasteiger partial charge in [-0.3, -0.25) is 4.79 Å². The Bertz CT molecular complexity index is 551. The Morgan fingerprint density at radius 2 is 2.08 bits per heavy atom. The Balaban J connectivity index is 2.00. The maximum absolute atomic E-state index is 12.5. The van der Waals surface area contributed by atoms with E-state index in [0.29, 0.717) is 6.54 Å². The Kier molecular flexibility index (Phi) is 6.97. The summed E-state index contributed by atoms with van der Waals surface area (Å²) in [5, 5.41) is 9.30. The molecule has 1 N–H and O–H groups in total. The second kappa shape index (κ2) is 8.97. The van der Waals surface area contributed by atoms with Crippen LogP contribution in [0, 0.1) is 5.92 Å². The van der Waals surface area contributed by atoms with Crippen LogP contribution in [0.15, 0.2) is 30.3 Å². The summed E-state index contributed by atoms with van der Waals surface area (Å²) in [7, 11) is 0. The van der Waals surface area contributed by atoms with E-state index in [9.17, 15) is 14.7 Å². The van der Waals surface area contributed by atoms with Crippen LogP contribution in [0.3, 0.4) is 0 Å². The minimum absolute atomic E-state index is 0.0723. The Hall–Kier alpha value is -1.69. The summed E-state index contributed by atoms with van der Waals surface area (Å²) in [6, 6.07) is 9.45. The number of benzene rings is 1. The van der Waals surface area contributed by atoms with Crippen molar-refractivity contribution in [2.45, 2.75) is 44.6 Å². The highest BCUT2D eigenvalue weighted by Crippen LogP contribution is 2.33. The number of rotatable bonds is 7. The first-order valence-electron chi connectivity index (χ1n) is 8.36. The molecule has 1 aliphatic heterocycles. The number of carboxylic acid groups (broad SMARTS) is 1. The lowest BCUT2D eigenvalue weighted by molar-refractivity contribution is -0.149. The molecule has 0 unspecified atom stereocenters. The molecule has 0 aliphatic carbocycles. The van der Waals surface area contributed by atoms with E-state index in [1.165, 1.54) is 4.90 Å². The molecule has 1 fully saturated rings. The van der Waals surface area contributed by atoms with Gasteiger partial charge in [-0.15, -0.1) is 0 Å². The zero-order valence-electron chi connectivity index (χ0n) is 14.2. The average molecular weight is 351 g/mol. The van der Waals surface area contributed by atoms with Crippen LogP contribution in [0.25, 0.3) is 0 Å². The van der Waals surface area contributed by atoms with Gasteiger partial charge >= 0.3 is 12.1 Å².